The molecule has 2 aromatic carbocycles. The van der Waals surface area contributed by atoms with Crippen LogP contribution in [0.3, 0.4) is 0 Å². The van der Waals surface area contributed by atoms with Crippen molar-refractivity contribution in [1.82, 2.24) is 0 Å². The van der Waals surface area contributed by atoms with E-state index in [2.05, 4.69) is 23.8 Å². The summed E-state index contributed by atoms with van der Waals surface area (Å²) >= 11 is 0. The van der Waals surface area contributed by atoms with E-state index < -0.39 is 0 Å². The van der Waals surface area contributed by atoms with Crippen LogP contribution in [0.2, 0.25) is 0 Å². The standard InChI is InChI=1S/C26H32N2O4/c1-19(2)17-31-23-11-7-9-21(15-23)27-25(29)13-5-6-14-26(30)28-22-10-8-12-24(16-22)32-18-20(3)4/h7-12,15-16H,1,3,5-6,13-14,17-18H2,2,4H3,(H,27,29)(H,28,30). The Labute approximate surface area is 190 Å². The van der Waals surface area contributed by atoms with Gasteiger partial charge >= 0.3 is 0 Å². The molecule has 2 rings (SSSR count). The Morgan fingerprint density at radius 1 is 0.750 bits per heavy atom. The molecule has 0 aliphatic heterocycles. The topological polar surface area (TPSA) is 76.7 Å². The van der Waals surface area contributed by atoms with Crippen LogP contribution in [-0.2, 0) is 9.59 Å². The lowest BCUT2D eigenvalue weighted by Crippen LogP contribution is -2.13. The highest BCUT2D eigenvalue weighted by atomic mass is 16.5. The Morgan fingerprint density at radius 2 is 1.16 bits per heavy atom. The molecule has 0 aliphatic rings. The maximum Gasteiger partial charge on any atom is 0.224 e. The molecule has 0 spiro atoms. The molecule has 0 saturated carbocycles. The zero-order valence-corrected chi connectivity index (χ0v) is 18.9. The van der Waals surface area contributed by atoms with Crippen LogP contribution in [0.1, 0.15) is 39.5 Å². The third kappa shape index (κ3) is 9.98. The monoisotopic (exact) mass is 436 g/mol. The van der Waals surface area contributed by atoms with E-state index in [4.69, 9.17) is 9.47 Å². The van der Waals surface area contributed by atoms with Crippen LogP contribution in [0.5, 0.6) is 11.5 Å². The molecule has 2 N–H and O–H groups in total. The SMILES string of the molecule is C=C(C)COc1cccc(NC(=O)CCCCC(=O)Nc2cccc(OCC(=C)C)c2)c1. The van der Waals surface area contributed by atoms with Gasteiger partial charge in [0.1, 0.15) is 24.7 Å². The Kier molecular flexibility index (Phi) is 10.0. The second-order valence-corrected chi connectivity index (χ2v) is 7.85. The molecule has 32 heavy (non-hydrogen) atoms. The summed E-state index contributed by atoms with van der Waals surface area (Å²) in [5, 5.41) is 5.72. The highest BCUT2D eigenvalue weighted by molar-refractivity contribution is 5.92. The van der Waals surface area contributed by atoms with Crippen LogP contribution < -0.4 is 20.1 Å². The van der Waals surface area contributed by atoms with E-state index in [1.54, 1.807) is 12.1 Å². The minimum atomic E-state index is -0.0928. The molecule has 0 heterocycles. The van der Waals surface area contributed by atoms with E-state index >= 15 is 0 Å². The first-order chi connectivity index (χ1) is 15.3. The predicted octanol–water partition coefficient (Wildman–Crippen LogP) is 5.73. The fourth-order valence-electron chi connectivity index (χ4n) is 2.76. The molecule has 6 nitrogen and oxygen atoms in total. The number of hydrogen-bond donors (Lipinski definition) is 2. The van der Waals surface area contributed by atoms with Crippen molar-refractivity contribution in [2.45, 2.75) is 39.5 Å². The molecule has 2 aromatic rings. The Bertz CT molecular complexity index is 875. The second-order valence-electron chi connectivity index (χ2n) is 7.85. The average Bonchev–Trinajstić information content (AvgIpc) is 2.74. The van der Waals surface area contributed by atoms with Crippen LogP contribution in [0.15, 0.2) is 72.8 Å². The lowest BCUT2D eigenvalue weighted by molar-refractivity contribution is -0.118. The number of carbonyl (C=O) groups excluding carboxylic acids is 2. The molecule has 0 aromatic heterocycles. The predicted molar refractivity (Wildman–Crippen MR) is 129 cm³/mol. The number of nitrogens with one attached hydrogen (secondary N) is 2. The van der Waals surface area contributed by atoms with E-state index in [1.807, 2.05) is 50.2 Å². The molecule has 6 heteroatoms. The van der Waals surface area contributed by atoms with E-state index in [0.717, 1.165) is 11.1 Å². The number of hydrogen-bond acceptors (Lipinski definition) is 4. The van der Waals surface area contributed by atoms with E-state index in [1.165, 1.54) is 0 Å². The number of carbonyl (C=O) groups is 2. The minimum Gasteiger partial charge on any atom is -0.489 e. The van der Waals surface area contributed by atoms with Gasteiger partial charge in [-0.3, -0.25) is 9.59 Å². The van der Waals surface area contributed by atoms with Crippen LogP contribution in [0, 0.1) is 0 Å². The van der Waals surface area contributed by atoms with Crippen molar-refractivity contribution in [2.24, 2.45) is 0 Å². The first-order valence-electron chi connectivity index (χ1n) is 10.7. The highest BCUT2D eigenvalue weighted by Crippen LogP contribution is 2.19. The lowest BCUT2D eigenvalue weighted by atomic mass is 10.1. The summed E-state index contributed by atoms with van der Waals surface area (Å²) in [6, 6.07) is 14.5. The quantitative estimate of drug-likeness (QED) is 0.310. The van der Waals surface area contributed by atoms with E-state index in [-0.39, 0.29) is 11.8 Å². The number of unbranched alkanes of at least 4 members (excludes halogenated alkanes) is 1. The fraction of sp³-hybridized carbons (Fsp3) is 0.308. The van der Waals surface area contributed by atoms with Crippen molar-refractivity contribution in [2.75, 3.05) is 23.8 Å². The van der Waals surface area contributed by atoms with Gasteiger partial charge in [-0.05, 0) is 62.1 Å². The zero-order valence-electron chi connectivity index (χ0n) is 18.9. The molecule has 0 bridgehead atoms. The van der Waals surface area contributed by atoms with Crippen LogP contribution in [-0.4, -0.2) is 25.0 Å². The summed E-state index contributed by atoms with van der Waals surface area (Å²) < 4.78 is 11.2. The summed E-state index contributed by atoms with van der Waals surface area (Å²) in [5.74, 6) is 1.17. The third-order valence-corrected chi connectivity index (χ3v) is 4.26. The van der Waals surface area contributed by atoms with Crippen molar-refractivity contribution in [1.29, 1.82) is 0 Å². The van der Waals surface area contributed by atoms with Crippen molar-refractivity contribution in [3.63, 3.8) is 0 Å². The van der Waals surface area contributed by atoms with Gasteiger partial charge in [0.05, 0.1) is 0 Å². The van der Waals surface area contributed by atoms with Gasteiger partial charge in [-0.25, -0.2) is 0 Å². The average molecular weight is 437 g/mol. The van der Waals surface area contributed by atoms with Gasteiger partial charge in [0, 0.05) is 36.3 Å². The number of rotatable bonds is 13. The molecule has 0 atom stereocenters. The Balaban J connectivity index is 1.69. The van der Waals surface area contributed by atoms with Crippen molar-refractivity contribution >= 4 is 23.2 Å². The van der Waals surface area contributed by atoms with Crippen molar-refractivity contribution in [3.8, 4) is 11.5 Å². The molecule has 2 amide bonds. The minimum absolute atomic E-state index is 0.0928. The van der Waals surface area contributed by atoms with Crippen LogP contribution in [0.25, 0.3) is 0 Å². The lowest BCUT2D eigenvalue weighted by Gasteiger charge is -2.10. The van der Waals surface area contributed by atoms with Crippen LogP contribution >= 0.6 is 0 Å². The summed E-state index contributed by atoms with van der Waals surface area (Å²) in [6.07, 6.45) is 1.92. The highest BCUT2D eigenvalue weighted by Gasteiger charge is 2.07. The van der Waals surface area contributed by atoms with Crippen molar-refractivity contribution < 1.29 is 19.1 Å². The van der Waals surface area contributed by atoms with Gasteiger partial charge in [-0.15, -0.1) is 0 Å². The number of ether oxygens (including phenoxy) is 2. The molecule has 0 fully saturated rings. The van der Waals surface area contributed by atoms with Gasteiger partial charge in [0.25, 0.3) is 0 Å². The summed E-state index contributed by atoms with van der Waals surface area (Å²) in [4.78, 5) is 24.4. The van der Waals surface area contributed by atoms with Gasteiger partial charge in [-0.1, -0.05) is 25.3 Å². The molecule has 0 aliphatic carbocycles. The smallest absolute Gasteiger partial charge is 0.224 e. The molecular formula is C26H32N2O4. The van der Waals surface area contributed by atoms with Gasteiger partial charge < -0.3 is 20.1 Å². The largest absolute Gasteiger partial charge is 0.489 e. The molecule has 0 unspecified atom stereocenters. The van der Waals surface area contributed by atoms with Gasteiger partial charge in [0.2, 0.25) is 11.8 Å². The third-order valence-electron chi connectivity index (χ3n) is 4.26. The summed E-state index contributed by atoms with van der Waals surface area (Å²) in [7, 11) is 0. The summed E-state index contributed by atoms with van der Waals surface area (Å²) in [5.41, 5.74) is 3.21. The molecule has 0 radical (unpaired) electrons. The van der Waals surface area contributed by atoms with Gasteiger partial charge in [-0.2, -0.15) is 0 Å². The number of amides is 2. The Morgan fingerprint density at radius 3 is 1.53 bits per heavy atom. The van der Waals surface area contributed by atoms with Crippen molar-refractivity contribution in [3.05, 3.63) is 72.8 Å². The zero-order chi connectivity index (χ0) is 23.3. The van der Waals surface area contributed by atoms with E-state index in [9.17, 15) is 9.59 Å². The maximum atomic E-state index is 12.2. The first kappa shape index (κ1) is 24.7. The number of anilines is 2. The second kappa shape index (κ2) is 13.0. The molecule has 0 saturated heterocycles. The number of benzene rings is 2. The van der Waals surface area contributed by atoms with E-state index in [0.29, 0.717) is 61.8 Å². The first-order valence-corrected chi connectivity index (χ1v) is 10.7. The normalized spacial score (nSPS) is 10.2. The fourth-order valence-corrected chi connectivity index (χ4v) is 2.76. The molecular weight excluding hydrogens is 404 g/mol. The van der Waals surface area contributed by atoms with Gasteiger partial charge in [0.15, 0.2) is 0 Å². The Hall–Kier alpha value is -3.54. The molecule has 170 valence electrons. The van der Waals surface area contributed by atoms with Crippen LogP contribution in [0.4, 0.5) is 11.4 Å². The summed E-state index contributed by atoms with van der Waals surface area (Å²) in [6.45, 7) is 12.3. The maximum absolute atomic E-state index is 12.2.